The molecular formula is C22H24N2O3. The number of carbonyl (C=O) groups excluding carboxylic acids is 1. The zero-order valence-electron chi connectivity index (χ0n) is 16.0. The van der Waals surface area contributed by atoms with Crippen LogP contribution in [-0.2, 0) is 13.0 Å². The van der Waals surface area contributed by atoms with E-state index < -0.39 is 0 Å². The first-order valence-electron chi connectivity index (χ1n) is 9.28. The van der Waals surface area contributed by atoms with E-state index in [-0.39, 0.29) is 5.78 Å². The van der Waals surface area contributed by atoms with E-state index >= 15 is 0 Å². The van der Waals surface area contributed by atoms with Gasteiger partial charge in [-0.3, -0.25) is 4.79 Å². The fourth-order valence-corrected chi connectivity index (χ4v) is 3.47. The van der Waals surface area contributed by atoms with Gasteiger partial charge in [0.2, 0.25) is 0 Å². The van der Waals surface area contributed by atoms with Crippen molar-refractivity contribution in [3.8, 4) is 17.6 Å². The molecule has 5 nitrogen and oxygen atoms in total. The van der Waals surface area contributed by atoms with Crippen molar-refractivity contribution in [2.75, 3.05) is 24.7 Å². The number of ketones is 1. The lowest BCUT2D eigenvalue weighted by atomic mass is 9.96. The van der Waals surface area contributed by atoms with Crippen LogP contribution in [0.1, 0.15) is 47.8 Å². The van der Waals surface area contributed by atoms with Gasteiger partial charge in [-0.15, -0.1) is 0 Å². The zero-order valence-corrected chi connectivity index (χ0v) is 16.0. The highest BCUT2D eigenvalue weighted by Gasteiger charge is 2.23. The number of nitriles is 1. The van der Waals surface area contributed by atoms with Gasteiger partial charge >= 0.3 is 0 Å². The predicted octanol–water partition coefficient (Wildman–Crippen LogP) is 4.12. The Morgan fingerprint density at radius 3 is 2.37 bits per heavy atom. The van der Waals surface area contributed by atoms with E-state index in [2.05, 4.69) is 17.0 Å². The number of ether oxygens (including phenoxy) is 2. The Labute approximate surface area is 160 Å². The van der Waals surface area contributed by atoms with Crippen LogP contribution in [0.25, 0.3) is 0 Å². The highest BCUT2D eigenvalue weighted by Crippen LogP contribution is 2.36. The van der Waals surface area contributed by atoms with Gasteiger partial charge in [0.1, 0.15) is 0 Å². The molecule has 0 aliphatic carbocycles. The molecule has 0 spiro atoms. The Balaban J connectivity index is 1.98. The maximum atomic E-state index is 12.1. The fraction of sp³-hybridized carbons (Fsp3) is 0.364. The van der Waals surface area contributed by atoms with Crippen molar-refractivity contribution < 1.29 is 14.3 Å². The number of nitrogens with zero attached hydrogens (tertiary/aromatic N) is 2. The van der Waals surface area contributed by atoms with Gasteiger partial charge in [0.15, 0.2) is 17.3 Å². The molecule has 0 aromatic heterocycles. The molecule has 0 saturated carbocycles. The number of Topliss-reactive ketones (excluding diaryl/α,β-unsaturated/α-hetero) is 1. The Bertz CT molecular complexity index is 899. The average Bonchev–Trinajstić information content (AvgIpc) is 2.68. The van der Waals surface area contributed by atoms with Gasteiger partial charge < -0.3 is 14.4 Å². The smallest absolute Gasteiger partial charge is 0.161 e. The summed E-state index contributed by atoms with van der Waals surface area (Å²) in [6.07, 6.45) is 0.843. The summed E-state index contributed by atoms with van der Waals surface area (Å²) in [6, 6.07) is 11.5. The molecule has 1 heterocycles. The molecule has 5 heteroatoms. The monoisotopic (exact) mass is 364 g/mol. The van der Waals surface area contributed by atoms with Crippen molar-refractivity contribution in [2.24, 2.45) is 0 Å². The van der Waals surface area contributed by atoms with E-state index in [4.69, 9.17) is 9.47 Å². The lowest BCUT2D eigenvalue weighted by Gasteiger charge is -2.32. The van der Waals surface area contributed by atoms with Gasteiger partial charge in [-0.05, 0) is 68.7 Å². The fourth-order valence-electron chi connectivity index (χ4n) is 3.47. The summed E-state index contributed by atoms with van der Waals surface area (Å²) in [6.45, 7) is 8.08. The van der Waals surface area contributed by atoms with E-state index in [1.54, 1.807) is 25.1 Å². The highest BCUT2D eigenvalue weighted by atomic mass is 16.5. The van der Waals surface area contributed by atoms with Gasteiger partial charge in [0.25, 0.3) is 0 Å². The Morgan fingerprint density at radius 1 is 1.11 bits per heavy atom. The molecule has 0 amide bonds. The summed E-state index contributed by atoms with van der Waals surface area (Å²) in [7, 11) is 0. The molecule has 27 heavy (non-hydrogen) atoms. The predicted molar refractivity (Wildman–Crippen MR) is 105 cm³/mol. The van der Waals surface area contributed by atoms with E-state index in [1.807, 2.05) is 19.9 Å². The average molecular weight is 364 g/mol. The number of benzene rings is 2. The largest absolute Gasteiger partial charge is 0.490 e. The van der Waals surface area contributed by atoms with E-state index in [9.17, 15) is 10.1 Å². The molecular weight excluding hydrogens is 340 g/mol. The van der Waals surface area contributed by atoms with Gasteiger partial charge in [0, 0.05) is 24.3 Å². The second-order valence-electron chi connectivity index (χ2n) is 6.51. The molecule has 0 fully saturated rings. The first-order chi connectivity index (χ1) is 13.1. The molecule has 140 valence electrons. The van der Waals surface area contributed by atoms with Crippen LogP contribution < -0.4 is 14.4 Å². The molecule has 0 bridgehead atoms. The van der Waals surface area contributed by atoms with Crippen molar-refractivity contribution in [1.82, 2.24) is 0 Å². The lowest BCUT2D eigenvalue weighted by molar-refractivity contribution is 0.101. The summed E-state index contributed by atoms with van der Waals surface area (Å²) >= 11 is 0. The quantitative estimate of drug-likeness (QED) is 0.722. The molecule has 0 unspecified atom stereocenters. The van der Waals surface area contributed by atoms with Crippen LogP contribution in [0.5, 0.6) is 11.5 Å². The minimum Gasteiger partial charge on any atom is -0.490 e. The third-order valence-electron chi connectivity index (χ3n) is 4.72. The Hall–Kier alpha value is -3.00. The second-order valence-corrected chi connectivity index (χ2v) is 6.51. The van der Waals surface area contributed by atoms with E-state index in [0.717, 1.165) is 35.7 Å². The van der Waals surface area contributed by atoms with Crippen LogP contribution in [0.15, 0.2) is 30.3 Å². The third-order valence-corrected chi connectivity index (χ3v) is 4.72. The summed E-state index contributed by atoms with van der Waals surface area (Å²) in [5, 5.41) is 9.24. The van der Waals surface area contributed by atoms with Crippen molar-refractivity contribution in [2.45, 2.75) is 33.7 Å². The highest BCUT2D eigenvalue weighted by molar-refractivity contribution is 6.00. The van der Waals surface area contributed by atoms with E-state index in [0.29, 0.717) is 30.9 Å². The van der Waals surface area contributed by atoms with Gasteiger partial charge in [-0.2, -0.15) is 5.26 Å². The minimum absolute atomic E-state index is 0.00184. The molecule has 3 rings (SSSR count). The van der Waals surface area contributed by atoms with Crippen molar-refractivity contribution in [3.05, 3.63) is 52.6 Å². The van der Waals surface area contributed by atoms with Crippen molar-refractivity contribution >= 4 is 11.5 Å². The molecule has 2 aromatic carbocycles. The second kappa shape index (κ2) is 8.13. The molecule has 1 aliphatic heterocycles. The number of hydrogen-bond acceptors (Lipinski definition) is 5. The van der Waals surface area contributed by atoms with Crippen LogP contribution in [-0.4, -0.2) is 25.5 Å². The van der Waals surface area contributed by atoms with Crippen LogP contribution in [0.4, 0.5) is 5.69 Å². The first-order valence-corrected chi connectivity index (χ1v) is 9.28. The topological polar surface area (TPSA) is 62.6 Å². The standard InChI is InChI=1S/C22H24N2O3/c1-4-26-21-11-17-8-9-24(14-18(17)12-22(21)27-5-2)20-10-16(13-23)6-7-19(20)15(3)25/h6-7,10-12H,4-5,8-9,14H2,1-3H3. The molecule has 0 N–H and O–H groups in total. The molecule has 0 saturated heterocycles. The van der Waals surface area contributed by atoms with Gasteiger partial charge in [-0.25, -0.2) is 0 Å². The molecule has 1 aliphatic rings. The normalized spacial score (nSPS) is 12.9. The third kappa shape index (κ3) is 3.90. The summed E-state index contributed by atoms with van der Waals surface area (Å²) < 4.78 is 11.5. The number of rotatable bonds is 6. The lowest BCUT2D eigenvalue weighted by Crippen LogP contribution is -2.31. The van der Waals surface area contributed by atoms with E-state index in [1.165, 1.54) is 5.56 Å². The van der Waals surface area contributed by atoms with Crippen LogP contribution >= 0.6 is 0 Å². The summed E-state index contributed by atoms with van der Waals surface area (Å²) in [5.41, 5.74) is 4.42. The SMILES string of the molecule is CCOc1cc2c(cc1OCC)CN(c1cc(C#N)ccc1C(C)=O)CC2. The molecule has 0 radical (unpaired) electrons. The number of hydrogen-bond donors (Lipinski definition) is 0. The number of anilines is 1. The van der Waals surface area contributed by atoms with Gasteiger partial charge in [-0.1, -0.05) is 0 Å². The van der Waals surface area contributed by atoms with Crippen LogP contribution in [0.2, 0.25) is 0 Å². The van der Waals surface area contributed by atoms with Crippen LogP contribution in [0, 0.1) is 11.3 Å². The summed E-state index contributed by atoms with van der Waals surface area (Å²) in [4.78, 5) is 14.2. The Morgan fingerprint density at radius 2 is 1.78 bits per heavy atom. The minimum atomic E-state index is 0.00184. The van der Waals surface area contributed by atoms with Crippen LogP contribution in [0.3, 0.4) is 0 Å². The maximum absolute atomic E-state index is 12.1. The maximum Gasteiger partial charge on any atom is 0.161 e. The number of fused-ring (bicyclic) bond motifs is 1. The zero-order chi connectivity index (χ0) is 19.4. The van der Waals surface area contributed by atoms with Crippen molar-refractivity contribution in [1.29, 1.82) is 5.26 Å². The molecule has 0 atom stereocenters. The number of carbonyl (C=O) groups is 1. The summed E-state index contributed by atoms with van der Waals surface area (Å²) in [5.74, 6) is 1.53. The molecule has 2 aromatic rings. The van der Waals surface area contributed by atoms with Gasteiger partial charge in [0.05, 0.1) is 24.8 Å². The van der Waals surface area contributed by atoms with Crippen molar-refractivity contribution in [3.63, 3.8) is 0 Å². The Kier molecular flexibility index (Phi) is 5.66. The first kappa shape index (κ1) is 18.8.